The van der Waals surface area contributed by atoms with E-state index in [4.69, 9.17) is 18.0 Å². The van der Waals surface area contributed by atoms with Crippen LogP contribution in [-0.4, -0.2) is 34.8 Å². The first-order valence-electron chi connectivity index (χ1n) is 11.4. The lowest BCUT2D eigenvalue weighted by molar-refractivity contribution is -0.139. The third-order valence-corrected chi connectivity index (χ3v) is 7.05. The number of hydrogen-bond acceptors (Lipinski definition) is 3. The smallest absolute Gasteiger partial charge is 0.226 e. The molecule has 160 valence electrons. The molecule has 0 unspecified atom stereocenters. The van der Waals surface area contributed by atoms with Gasteiger partial charge in [0.05, 0.1) is 0 Å². The minimum atomic E-state index is -0.0985. The van der Waals surface area contributed by atoms with E-state index >= 15 is 0 Å². The van der Waals surface area contributed by atoms with E-state index in [1.807, 2.05) is 0 Å². The summed E-state index contributed by atoms with van der Waals surface area (Å²) in [4.78, 5) is 16.3. The highest BCUT2D eigenvalue weighted by atomic mass is 32.1. The zero-order valence-electron chi connectivity index (χ0n) is 18.6. The largest absolute Gasteiger partial charge is 0.339 e. The maximum Gasteiger partial charge on any atom is 0.226 e. The number of thiocarbonyl (C=S) groups is 1. The number of rotatable bonds is 10. The van der Waals surface area contributed by atoms with Gasteiger partial charge in [-0.25, -0.2) is 0 Å². The van der Waals surface area contributed by atoms with Gasteiger partial charge in [0.1, 0.15) is 0 Å². The van der Waals surface area contributed by atoms with Gasteiger partial charge in [0.25, 0.3) is 0 Å². The molecule has 0 aromatic heterocycles. The summed E-state index contributed by atoms with van der Waals surface area (Å²) >= 11 is 5.37. The summed E-state index contributed by atoms with van der Waals surface area (Å²) in [6.07, 6.45) is 15.5. The Kier molecular flexibility index (Phi) is 9.14. The number of amides is 1. The van der Waals surface area contributed by atoms with Crippen molar-refractivity contribution in [2.75, 3.05) is 13.1 Å². The number of carbonyl (C=O) groups excluding carboxylic acids is 1. The lowest BCUT2D eigenvalue weighted by atomic mass is 9.72. The van der Waals surface area contributed by atoms with Crippen LogP contribution < -0.4 is 5.73 Å². The summed E-state index contributed by atoms with van der Waals surface area (Å²) < 4.78 is 0. The van der Waals surface area contributed by atoms with Crippen molar-refractivity contribution in [3.63, 3.8) is 0 Å². The summed E-state index contributed by atoms with van der Waals surface area (Å²) in [6, 6.07) is 0.357. The van der Waals surface area contributed by atoms with Crippen LogP contribution in [0.5, 0.6) is 0 Å². The molecule has 2 N–H and O–H groups in total. The summed E-state index contributed by atoms with van der Waals surface area (Å²) in [6.45, 7) is 9.99. The highest BCUT2D eigenvalue weighted by molar-refractivity contribution is 7.80. The summed E-state index contributed by atoms with van der Waals surface area (Å²) in [5.74, 6) is 1.94. The minimum Gasteiger partial charge on any atom is -0.339 e. The molecule has 28 heavy (non-hydrogen) atoms. The number of likely N-dealkylation sites (tertiary alicyclic amines) is 1. The van der Waals surface area contributed by atoms with Gasteiger partial charge in [-0.3, -0.25) is 4.79 Å². The fraction of sp³-hybridized carbons (Fsp3) is 0.833. The maximum absolute atomic E-state index is 13.4. The molecule has 0 spiro atoms. The molecule has 2 fully saturated rings. The van der Waals surface area contributed by atoms with Crippen molar-refractivity contribution >= 4 is 23.0 Å². The maximum atomic E-state index is 13.4. The first kappa shape index (κ1) is 23.5. The number of nitrogens with zero attached hydrogens (tertiary/aromatic N) is 1. The highest BCUT2D eigenvalue weighted by Gasteiger charge is 2.38. The molecule has 1 aliphatic carbocycles. The standard InChI is InChI=1S/C24H42N2OS/c1-5-6-9-18-14-19(15-18)10-7-11-20-12-8-13-26(20)23(27)22(24(2,3)4)16-21(28)17-25/h7,10,18-20,22H,5-6,8-9,11-17,25H2,1-4H3/b10-7+/t18?,19?,20-,22+/m0/s1. The molecular weight excluding hydrogens is 364 g/mol. The Morgan fingerprint density at radius 3 is 2.64 bits per heavy atom. The van der Waals surface area contributed by atoms with E-state index in [0.29, 0.717) is 19.0 Å². The third-order valence-electron chi connectivity index (χ3n) is 6.72. The van der Waals surface area contributed by atoms with E-state index in [1.165, 1.54) is 32.1 Å². The average Bonchev–Trinajstić information content (AvgIpc) is 3.07. The summed E-state index contributed by atoms with van der Waals surface area (Å²) in [5, 5.41) is 0. The van der Waals surface area contributed by atoms with Crippen molar-refractivity contribution in [1.29, 1.82) is 0 Å². The molecule has 4 heteroatoms. The monoisotopic (exact) mass is 406 g/mol. The fourth-order valence-corrected chi connectivity index (χ4v) is 4.91. The molecular formula is C24H42N2OS. The van der Waals surface area contributed by atoms with E-state index in [-0.39, 0.29) is 17.2 Å². The van der Waals surface area contributed by atoms with Crippen molar-refractivity contribution in [2.45, 2.75) is 91.5 Å². The Labute approximate surface area is 178 Å². The number of carbonyl (C=O) groups is 1. The topological polar surface area (TPSA) is 46.3 Å². The first-order chi connectivity index (χ1) is 13.3. The quantitative estimate of drug-likeness (QED) is 0.384. The van der Waals surface area contributed by atoms with Gasteiger partial charge in [0.15, 0.2) is 0 Å². The molecule has 0 aromatic rings. The van der Waals surface area contributed by atoms with Crippen LogP contribution in [0.2, 0.25) is 0 Å². The minimum absolute atomic E-state index is 0.0703. The van der Waals surface area contributed by atoms with Crippen LogP contribution in [0.3, 0.4) is 0 Å². The van der Waals surface area contributed by atoms with E-state index < -0.39 is 0 Å². The Bertz CT molecular complexity index is 545. The van der Waals surface area contributed by atoms with Gasteiger partial charge in [0.2, 0.25) is 5.91 Å². The molecule has 0 bridgehead atoms. The summed E-state index contributed by atoms with van der Waals surface area (Å²) in [5.41, 5.74) is 5.62. The second kappa shape index (κ2) is 10.9. The fourth-order valence-electron chi connectivity index (χ4n) is 4.75. The zero-order valence-corrected chi connectivity index (χ0v) is 19.4. The van der Waals surface area contributed by atoms with E-state index in [1.54, 1.807) is 0 Å². The number of allylic oxidation sites excluding steroid dienone is 1. The molecule has 2 atom stereocenters. The van der Waals surface area contributed by atoms with E-state index in [0.717, 1.165) is 42.5 Å². The third kappa shape index (κ3) is 6.66. The number of nitrogens with two attached hydrogens (primary N) is 1. The van der Waals surface area contributed by atoms with Crippen LogP contribution in [0.15, 0.2) is 12.2 Å². The molecule has 1 aliphatic heterocycles. The Morgan fingerprint density at radius 1 is 1.32 bits per heavy atom. The molecule has 1 saturated heterocycles. The Morgan fingerprint density at radius 2 is 2.04 bits per heavy atom. The van der Waals surface area contributed by atoms with Crippen molar-refractivity contribution < 1.29 is 4.79 Å². The lowest BCUT2D eigenvalue weighted by Gasteiger charge is -2.36. The first-order valence-corrected chi connectivity index (χ1v) is 11.9. The van der Waals surface area contributed by atoms with Crippen molar-refractivity contribution in [3.05, 3.63) is 12.2 Å². The Balaban J connectivity index is 1.88. The SMILES string of the molecule is CCCCC1CC(/C=C/C[C@H]2CCCN2C(=O)[C@@H](CC(=S)CN)C(C)(C)C)C1. The van der Waals surface area contributed by atoms with Crippen LogP contribution in [0.1, 0.15) is 85.5 Å². The van der Waals surface area contributed by atoms with Crippen molar-refractivity contribution in [3.8, 4) is 0 Å². The van der Waals surface area contributed by atoms with Crippen LogP contribution >= 0.6 is 12.2 Å². The van der Waals surface area contributed by atoms with Gasteiger partial charge in [-0.05, 0) is 55.8 Å². The van der Waals surface area contributed by atoms with Gasteiger partial charge in [0, 0.05) is 29.9 Å². The number of hydrogen-bond donors (Lipinski definition) is 1. The second-order valence-electron chi connectivity index (χ2n) is 10.1. The molecule has 1 amide bonds. The summed E-state index contributed by atoms with van der Waals surface area (Å²) in [7, 11) is 0. The highest BCUT2D eigenvalue weighted by Crippen LogP contribution is 2.38. The predicted molar refractivity (Wildman–Crippen MR) is 123 cm³/mol. The molecule has 2 aliphatic rings. The van der Waals surface area contributed by atoms with Crippen molar-refractivity contribution in [1.82, 2.24) is 4.90 Å². The molecule has 2 rings (SSSR count). The second-order valence-corrected chi connectivity index (χ2v) is 10.7. The van der Waals surface area contributed by atoms with E-state index in [2.05, 4.69) is 44.7 Å². The van der Waals surface area contributed by atoms with Crippen molar-refractivity contribution in [2.24, 2.45) is 28.9 Å². The van der Waals surface area contributed by atoms with Crippen LogP contribution in [0.25, 0.3) is 0 Å². The molecule has 3 nitrogen and oxygen atoms in total. The van der Waals surface area contributed by atoms with Gasteiger partial charge in [-0.1, -0.05) is 71.3 Å². The van der Waals surface area contributed by atoms with Gasteiger partial charge in [-0.2, -0.15) is 0 Å². The van der Waals surface area contributed by atoms with Crippen LogP contribution in [0, 0.1) is 23.2 Å². The Hall–Kier alpha value is -0.740. The van der Waals surface area contributed by atoms with Gasteiger partial charge < -0.3 is 10.6 Å². The normalized spacial score (nSPS) is 26.5. The lowest BCUT2D eigenvalue weighted by Crippen LogP contribution is -2.44. The van der Waals surface area contributed by atoms with Gasteiger partial charge in [-0.15, -0.1) is 0 Å². The van der Waals surface area contributed by atoms with Crippen LogP contribution in [0.4, 0.5) is 0 Å². The predicted octanol–water partition coefficient (Wildman–Crippen LogP) is 5.52. The zero-order chi connectivity index (χ0) is 20.7. The molecule has 0 radical (unpaired) electrons. The average molecular weight is 407 g/mol. The van der Waals surface area contributed by atoms with Crippen LogP contribution in [-0.2, 0) is 4.79 Å². The molecule has 0 aromatic carbocycles. The van der Waals surface area contributed by atoms with E-state index in [9.17, 15) is 4.79 Å². The molecule has 1 saturated carbocycles. The molecule has 1 heterocycles. The van der Waals surface area contributed by atoms with Gasteiger partial charge >= 0.3 is 0 Å². The number of unbranched alkanes of at least 4 members (excludes halogenated alkanes) is 1.